The highest BCUT2D eigenvalue weighted by Crippen LogP contribution is 2.28. The number of piperidine rings is 1. The standard InChI is InChI=1S/C20H26FN5O2S/c1-15-5-2-3-8-25(15)18(27)14-29-20-23-22-19(24-9-11-28-12-10-24)26(20)17-7-4-6-16(21)13-17/h4,6-7,13,15H,2-3,5,8-12,14H2,1H3/t15-/m0/s1. The number of morpholine rings is 1. The summed E-state index contributed by atoms with van der Waals surface area (Å²) in [6.45, 7) is 5.54. The second-order valence-electron chi connectivity index (χ2n) is 7.42. The molecule has 1 aromatic carbocycles. The molecular weight excluding hydrogens is 393 g/mol. The summed E-state index contributed by atoms with van der Waals surface area (Å²) in [5.41, 5.74) is 0.651. The zero-order valence-corrected chi connectivity index (χ0v) is 17.4. The Bertz CT molecular complexity index is 855. The van der Waals surface area contributed by atoms with E-state index in [-0.39, 0.29) is 17.8 Å². The Morgan fingerprint density at radius 3 is 2.83 bits per heavy atom. The van der Waals surface area contributed by atoms with Crippen LogP contribution in [-0.2, 0) is 9.53 Å². The van der Waals surface area contributed by atoms with Gasteiger partial charge in [-0.05, 0) is 44.4 Å². The van der Waals surface area contributed by atoms with Gasteiger partial charge in [-0.3, -0.25) is 9.36 Å². The highest BCUT2D eigenvalue weighted by Gasteiger charge is 2.26. The predicted molar refractivity (Wildman–Crippen MR) is 110 cm³/mol. The lowest BCUT2D eigenvalue weighted by molar-refractivity contribution is -0.131. The summed E-state index contributed by atoms with van der Waals surface area (Å²) in [6.07, 6.45) is 3.29. The Morgan fingerprint density at radius 1 is 1.24 bits per heavy atom. The molecule has 156 valence electrons. The number of carbonyl (C=O) groups excluding carboxylic acids is 1. The third-order valence-electron chi connectivity index (χ3n) is 5.42. The molecule has 9 heteroatoms. The summed E-state index contributed by atoms with van der Waals surface area (Å²) in [6, 6.07) is 6.65. The number of amides is 1. The maximum Gasteiger partial charge on any atom is 0.233 e. The molecule has 2 aliphatic rings. The lowest BCUT2D eigenvalue weighted by Gasteiger charge is -2.33. The molecule has 4 rings (SSSR count). The van der Waals surface area contributed by atoms with Crippen LogP contribution in [0.25, 0.3) is 5.69 Å². The van der Waals surface area contributed by atoms with Crippen LogP contribution in [0.2, 0.25) is 0 Å². The van der Waals surface area contributed by atoms with Gasteiger partial charge >= 0.3 is 0 Å². The van der Waals surface area contributed by atoms with E-state index < -0.39 is 0 Å². The maximum atomic E-state index is 13.9. The van der Waals surface area contributed by atoms with Gasteiger partial charge in [-0.2, -0.15) is 0 Å². The van der Waals surface area contributed by atoms with Gasteiger partial charge < -0.3 is 14.5 Å². The molecule has 0 radical (unpaired) electrons. The highest BCUT2D eigenvalue weighted by atomic mass is 32.2. The number of hydrogen-bond donors (Lipinski definition) is 0. The average Bonchev–Trinajstić information content (AvgIpc) is 3.17. The van der Waals surface area contributed by atoms with Gasteiger partial charge in [0.15, 0.2) is 5.16 Å². The Hall–Kier alpha value is -2.13. The van der Waals surface area contributed by atoms with Crippen molar-refractivity contribution in [2.45, 2.75) is 37.4 Å². The van der Waals surface area contributed by atoms with E-state index in [9.17, 15) is 9.18 Å². The van der Waals surface area contributed by atoms with Crippen molar-refractivity contribution < 1.29 is 13.9 Å². The average molecular weight is 420 g/mol. The fourth-order valence-corrected chi connectivity index (χ4v) is 4.68. The number of benzene rings is 1. The molecule has 1 amide bonds. The van der Waals surface area contributed by atoms with Crippen molar-refractivity contribution in [1.29, 1.82) is 0 Å². The van der Waals surface area contributed by atoms with Gasteiger partial charge in [-0.1, -0.05) is 17.8 Å². The molecule has 2 saturated heterocycles. The van der Waals surface area contributed by atoms with Crippen LogP contribution in [0.5, 0.6) is 0 Å². The Labute approximate surface area is 174 Å². The number of nitrogens with zero attached hydrogens (tertiary/aromatic N) is 5. The minimum Gasteiger partial charge on any atom is -0.378 e. The number of aromatic nitrogens is 3. The molecule has 2 fully saturated rings. The number of carbonyl (C=O) groups is 1. The molecule has 0 aliphatic carbocycles. The van der Waals surface area contributed by atoms with Gasteiger partial charge in [0.1, 0.15) is 5.82 Å². The molecule has 0 unspecified atom stereocenters. The summed E-state index contributed by atoms with van der Waals surface area (Å²) in [4.78, 5) is 16.8. The van der Waals surface area contributed by atoms with Crippen LogP contribution in [0.3, 0.4) is 0 Å². The molecule has 3 heterocycles. The van der Waals surface area contributed by atoms with Gasteiger partial charge in [0.2, 0.25) is 11.9 Å². The van der Waals surface area contributed by atoms with Crippen molar-refractivity contribution in [1.82, 2.24) is 19.7 Å². The van der Waals surface area contributed by atoms with Gasteiger partial charge in [-0.25, -0.2) is 4.39 Å². The van der Waals surface area contributed by atoms with Crippen molar-refractivity contribution in [3.05, 3.63) is 30.1 Å². The van der Waals surface area contributed by atoms with Crippen LogP contribution < -0.4 is 4.90 Å². The first-order valence-corrected chi connectivity index (χ1v) is 11.1. The molecule has 0 spiro atoms. The smallest absolute Gasteiger partial charge is 0.233 e. The zero-order valence-electron chi connectivity index (χ0n) is 16.6. The van der Waals surface area contributed by atoms with Crippen LogP contribution in [0.4, 0.5) is 10.3 Å². The second kappa shape index (κ2) is 9.13. The van der Waals surface area contributed by atoms with Crippen LogP contribution in [0.1, 0.15) is 26.2 Å². The van der Waals surface area contributed by atoms with Crippen LogP contribution >= 0.6 is 11.8 Å². The second-order valence-corrected chi connectivity index (χ2v) is 8.36. The number of halogens is 1. The van der Waals surface area contributed by atoms with E-state index in [2.05, 4.69) is 22.0 Å². The normalized spacial score (nSPS) is 20.1. The number of rotatable bonds is 5. The fraction of sp³-hybridized carbons (Fsp3) is 0.550. The van der Waals surface area contributed by atoms with Crippen LogP contribution in [0, 0.1) is 5.82 Å². The van der Waals surface area contributed by atoms with Gasteiger partial charge in [-0.15, -0.1) is 10.2 Å². The number of anilines is 1. The Morgan fingerprint density at radius 2 is 2.07 bits per heavy atom. The summed E-state index contributed by atoms with van der Waals surface area (Å²) in [7, 11) is 0. The molecule has 0 N–H and O–H groups in total. The molecule has 0 saturated carbocycles. The van der Waals surface area contributed by atoms with Crippen molar-refractivity contribution in [2.75, 3.05) is 43.5 Å². The predicted octanol–water partition coefficient (Wildman–Crippen LogP) is 2.74. The first-order valence-electron chi connectivity index (χ1n) is 10.1. The van der Waals surface area contributed by atoms with E-state index in [0.29, 0.717) is 48.8 Å². The number of ether oxygens (including phenoxy) is 1. The topological polar surface area (TPSA) is 63.5 Å². The Kier molecular flexibility index (Phi) is 6.34. The van der Waals surface area contributed by atoms with Gasteiger partial charge in [0.25, 0.3) is 0 Å². The highest BCUT2D eigenvalue weighted by molar-refractivity contribution is 7.99. The van der Waals surface area contributed by atoms with E-state index in [1.165, 1.54) is 30.3 Å². The molecular formula is C20H26FN5O2S. The van der Waals surface area contributed by atoms with Crippen molar-refractivity contribution in [2.24, 2.45) is 0 Å². The third-order valence-corrected chi connectivity index (χ3v) is 6.34. The van der Waals surface area contributed by atoms with Crippen molar-refractivity contribution >= 4 is 23.6 Å². The van der Waals surface area contributed by atoms with E-state index in [1.807, 2.05) is 15.5 Å². The summed E-state index contributed by atoms with van der Waals surface area (Å²) in [5, 5.41) is 9.29. The summed E-state index contributed by atoms with van der Waals surface area (Å²) in [5.74, 6) is 0.739. The molecule has 7 nitrogen and oxygen atoms in total. The largest absolute Gasteiger partial charge is 0.378 e. The van der Waals surface area contributed by atoms with Gasteiger partial charge in [0, 0.05) is 25.7 Å². The van der Waals surface area contributed by atoms with Crippen molar-refractivity contribution in [3.8, 4) is 5.69 Å². The van der Waals surface area contributed by atoms with Crippen molar-refractivity contribution in [3.63, 3.8) is 0 Å². The first kappa shape index (κ1) is 20.2. The minimum absolute atomic E-state index is 0.115. The van der Waals surface area contributed by atoms with Crippen LogP contribution in [0.15, 0.2) is 29.4 Å². The minimum atomic E-state index is -0.321. The third kappa shape index (κ3) is 4.56. The number of likely N-dealkylation sites (tertiary alicyclic amines) is 1. The van der Waals surface area contributed by atoms with Gasteiger partial charge in [0.05, 0.1) is 24.7 Å². The fourth-order valence-electron chi connectivity index (χ4n) is 3.84. The van der Waals surface area contributed by atoms with Crippen LogP contribution in [-0.4, -0.2) is 70.2 Å². The zero-order chi connectivity index (χ0) is 20.2. The summed E-state index contributed by atoms with van der Waals surface area (Å²) < 4.78 is 21.2. The molecule has 0 bridgehead atoms. The van der Waals surface area contributed by atoms with E-state index in [1.54, 1.807) is 6.07 Å². The lowest BCUT2D eigenvalue weighted by Crippen LogP contribution is -2.43. The maximum absolute atomic E-state index is 13.9. The number of thioether (sulfide) groups is 1. The van der Waals surface area contributed by atoms with E-state index >= 15 is 0 Å². The Balaban J connectivity index is 1.57. The monoisotopic (exact) mass is 419 g/mol. The molecule has 1 aromatic heterocycles. The summed E-state index contributed by atoms with van der Waals surface area (Å²) >= 11 is 1.35. The SMILES string of the molecule is C[C@H]1CCCCN1C(=O)CSc1nnc(N2CCOCC2)n1-c1cccc(F)c1. The first-order chi connectivity index (χ1) is 14.1. The quantitative estimate of drug-likeness (QED) is 0.695. The molecule has 2 aliphatic heterocycles. The molecule has 1 atom stereocenters. The lowest BCUT2D eigenvalue weighted by atomic mass is 10.0. The van der Waals surface area contributed by atoms with E-state index in [4.69, 9.17) is 4.74 Å². The molecule has 2 aromatic rings. The van der Waals surface area contributed by atoms with E-state index in [0.717, 1.165) is 19.4 Å². The number of hydrogen-bond acceptors (Lipinski definition) is 6. The molecule has 29 heavy (non-hydrogen) atoms.